The van der Waals surface area contributed by atoms with Gasteiger partial charge >= 0.3 is 0 Å². The Morgan fingerprint density at radius 3 is 2.44 bits per heavy atom. The number of rotatable bonds is 5. The Labute approximate surface area is 148 Å². The van der Waals surface area contributed by atoms with Crippen LogP contribution in [0.2, 0.25) is 0 Å². The molecular weight excluding hydrogens is 314 g/mol. The molecule has 1 amide bonds. The smallest absolute Gasteiger partial charge is 0.256 e. The Morgan fingerprint density at radius 2 is 1.80 bits per heavy atom. The summed E-state index contributed by atoms with van der Waals surface area (Å²) in [6.07, 6.45) is -0.585. The van der Waals surface area contributed by atoms with Gasteiger partial charge in [-0.15, -0.1) is 0 Å². The van der Waals surface area contributed by atoms with E-state index in [1.54, 1.807) is 18.2 Å². The molecule has 25 heavy (non-hydrogen) atoms. The van der Waals surface area contributed by atoms with Gasteiger partial charge in [-0.1, -0.05) is 42.3 Å². The van der Waals surface area contributed by atoms with Crippen LogP contribution in [0.3, 0.4) is 0 Å². The SMILES string of the molecule is Cc1cc(C)cc(C(=O)C[C@H](C)CN2C(=O)c3ccccc3C2O)c1. The third-order valence-electron chi connectivity index (χ3n) is 4.61. The molecule has 1 heterocycles. The second-order valence-corrected chi connectivity index (χ2v) is 7.03. The summed E-state index contributed by atoms with van der Waals surface area (Å²) < 4.78 is 0. The summed E-state index contributed by atoms with van der Waals surface area (Å²) in [6, 6.07) is 12.9. The maximum Gasteiger partial charge on any atom is 0.256 e. The molecule has 1 N–H and O–H groups in total. The molecule has 0 bridgehead atoms. The fraction of sp³-hybridized carbons (Fsp3) is 0.333. The molecule has 1 aliphatic heterocycles. The summed E-state index contributed by atoms with van der Waals surface area (Å²) in [5.41, 5.74) is 4.03. The van der Waals surface area contributed by atoms with Gasteiger partial charge in [-0.2, -0.15) is 0 Å². The summed E-state index contributed by atoms with van der Waals surface area (Å²) in [4.78, 5) is 26.5. The highest BCUT2D eigenvalue weighted by atomic mass is 16.3. The van der Waals surface area contributed by atoms with Crippen LogP contribution >= 0.6 is 0 Å². The summed E-state index contributed by atoms with van der Waals surface area (Å²) in [7, 11) is 0. The number of hydrogen-bond donors (Lipinski definition) is 1. The molecule has 2 aromatic carbocycles. The largest absolute Gasteiger partial charge is 0.369 e. The number of carbonyl (C=O) groups excluding carboxylic acids is 2. The zero-order valence-corrected chi connectivity index (χ0v) is 14.8. The number of aliphatic hydroxyl groups is 1. The molecular formula is C21H23NO3. The molecule has 0 saturated carbocycles. The van der Waals surface area contributed by atoms with Crippen molar-refractivity contribution in [3.8, 4) is 0 Å². The van der Waals surface area contributed by atoms with Crippen molar-refractivity contribution in [1.29, 1.82) is 0 Å². The lowest BCUT2D eigenvalue weighted by atomic mass is 9.97. The number of ketones is 1. The summed E-state index contributed by atoms with van der Waals surface area (Å²) in [5, 5.41) is 10.4. The van der Waals surface area contributed by atoms with Crippen molar-refractivity contribution < 1.29 is 14.7 Å². The second-order valence-electron chi connectivity index (χ2n) is 7.03. The second kappa shape index (κ2) is 6.81. The van der Waals surface area contributed by atoms with Gasteiger partial charge in [0.2, 0.25) is 0 Å². The molecule has 1 aliphatic rings. The first-order valence-electron chi connectivity index (χ1n) is 8.56. The number of hydrogen-bond acceptors (Lipinski definition) is 3. The standard InChI is InChI=1S/C21H23NO3/c1-13-8-14(2)10-16(9-13)19(23)11-15(3)12-22-20(24)17-6-4-5-7-18(17)21(22)25/h4-10,15,20,24H,11-12H2,1-3H3/t15-,20?/m0/s1. The summed E-state index contributed by atoms with van der Waals surface area (Å²) >= 11 is 0. The van der Waals surface area contributed by atoms with E-state index in [0.29, 0.717) is 29.7 Å². The van der Waals surface area contributed by atoms with Crippen molar-refractivity contribution in [2.75, 3.05) is 6.54 Å². The lowest BCUT2D eigenvalue weighted by Gasteiger charge is -2.24. The molecule has 4 heteroatoms. The van der Waals surface area contributed by atoms with Crippen LogP contribution in [0.25, 0.3) is 0 Å². The number of aliphatic hydroxyl groups excluding tert-OH is 1. The highest BCUT2D eigenvalue weighted by molar-refractivity contribution is 5.99. The molecule has 0 saturated heterocycles. The van der Waals surface area contributed by atoms with Gasteiger partial charge in [0.05, 0.1) is 0 Å². The normalized spacial score (nSPS) is 17.5. The zero-order valence-electron chi connectivity index (χ0n) is 14.8. The minimum atomic E-state index is -0.928. The van der Waals surface area contributed by atoms with E-state index in [0.717, 1.165) is 11.1 Å². The minimum Gasteiger partial charge on any atom is -0.369 e. The number of benzene rings is 2. The average molecular weight is 337 g/mol. The summed E-state index contributed by atoms with van der Waals surface area (Å²) in [6.45, 7) is 6.24. The maximum atomic E-state index is 12.5. The number of amides is 1. The molecule has 1 unspecified atom stereocenters. The molecule has 130 valence electrons. The molecule has 0 aromatic heterocycles. The maximum absolute atomic E-state index is 12.5. The molecule has 0 fully saturated rings. The quantitative estimate of drug-likeness (QED) is 0.847. The highest BCUT2D eigenvalue weighted by Crippen LogP contribution is 2.32. The van der Waals surface area contributed by atoms with Gasteiger partial charge < -0.3 is 10.0 Å². The average Bonchev–Trinajstić information content (AvgIpc) is 2.79. The van der Waals surface area contributed by atoms with Gasteiger partial charge in [0.1, 0.15) is 0 Å². The molecule has 0 aliphatic carbocycles. The molecule has 3 rings (SSSR count). The van der Waals surface area contributed by atoms with Crippen LogP contribution in [0.15, 0.2) is 42.5 Å². The predicted octanol–water partition coefficient (Wildman–Crippen LogP) is 3.66. The van der Waals surface area contributed by atoms with Gasteiger partial charge in [-0.25, -0.2) is 0 Å². The van der Waals surface area contributed by atoms with Crippen LogP contribution in [0.1, 0.15) is 57.0 Å². The van der Waals surface area contributed by atoms with E-state index in [1.807, 2.05) is 45.0 Å². The van der Waals surface area contributed by atoms with Crippen LogP contribution < -0.4 is 0 Å². The Kier molecular flexibility index (Phi) is 4.73. The fourth-order valence-electron chi connectivity index (χ4n) is 3.50. The topological polar surface area (TPSA) is 57.6 Å². The molecule has 4 nitrogen and oxygen atoms in total. The first kappa shape index (κ1) is 17.4. The van der Waals surface area contributed by atoms with Crippen molar-refractivity contribution in [3.63, 3.8) is 0 Å². The van der Waals surface area contributed by atoms with Gasteiger partial charge in [-0.05, 0) is 38.0 Å². The van der Waals surface area contributed by atoms with E-state index < -0.39 is 6.23 Å². The number of Topliss-reactive ketones (excluding diaryl/α,β-unsaturated/α-hetero) is 1. The lowest BCUT2D eigenvalue weighted by molar-refractivity contribution is 0.0112. The van der Waals surface area contributed by atoms with Gasteiger partial charge in [0.25, 0.3) is 5.91 Å². The van der Waals surface area contributed by atoms with Crippen molar-refractivity contribution in [1.82, 2.24) is 4.90 Å². The monoisotopic (exact) mass is 337 g/mol. The van der Waals surface area contributed by atoms with Crippen molar-refractivity contribution in [2.24, 2.45) is 5.92 Å². The van der Waals surface area contributed by atoms with E-state index >= 15 is 0 Å². The predicted molar refractivity (Wildman–Crippen MR) is 96.5 cm³/mol. The van der Waals surface area contributed by atoms with E-state index in [1.165, 1.54) is 4.90 Å². The third kappa shape index (κ3) is 3.49. The number of aryl methyl sites for hydroxylation is 2. The zero-order chi connectivity index (χ0) is 18.1. The van der Waals surface area contributed by atoms with Crippen LogP contribution in [-0.2, 0) is 0 Å². The highest BCUT2D eigenvalue weighted by Gasteiger charge is 2.35. The first-order valence-corrected chi connectivity index (χ1v) is 8.56. The molecule has 2 atom stereocenters. The molecule has 0 spiro atoms. The molecule has 0 radical (unpaired) electrons. The first-order chi connectivity index (χ1) is 11.9. The lowest BCUT2D eigenvalue weighted by Crippen LogP contribution is -2.33. The Balaban J connectivity index is 1.68. The Morgan fingerprint density at radius 1 is 1.16 bits per heavy atom. The fourth-order valence-corrected chi connectivity index (χ4v) is 3.50. The number of carbonyl (C=O) groups is 2. The number of nitrogens with zero attached hydrogens (tertiary/aromatic N) is 1. The van der Waals surface area contributed by atoms with E-state index in [4.69, 9.17) is 0 Å². The Bertz CT molecular complexity index is 807. The van der Waals surface area contributed by atoms with Gasteiger partial charge in [0.15, 0.2) is 12.0 Å². The Hall–Kier alpha value is -2.46. The van der Waals surface area contributed by atoms with Crippen LogP contribution in [-0.4, -0.2) is 28.2 Å². The minimum absolute atomic E-state index is 0.0405. The van der Waals surface area contributed by atoms with Gasteiger partial charge in [0, 0.05) is 29.7 Å². The van der Waals surface area contributed by atoms with E-state index in [-0.39, 0.29) is 17.6 Å². The van der Waals surface area contributed by atoms with Crippen LogP contribution in [0.5, 0.6) is 0 Å². The third-order valence-corrected chi connectivity index (χ3v) is 4.61. The van der Waals surface area contributed by atoms with E-state index in [9.17, 15) is 14.7 Å². The molecule has 2 aromatic rings. The van der Waals surface area contributed by atoms with Gasteiger partial charge in [-0.3, -0.25) is 9.59 Å². The van der Waals surface area contributed by atoms with Crippen molar-refractivity contribution >= 4 is 11.7 Å². The van der Waals surface area contributed by atoms with Crippen molar-refractivity contribution in [2.45, 2.75) is 33.4 Å². The van der Waals surface area contributed by atoms with Crippen molar-refractivity contribution in [3.05, 3.63) is 70.3 Å². The van der Waals surface area contributed by atoms with E-state index in [2.05, 4.69) is 0 Å². The van der Waals surface area contributed by atoms with Crippen LogP contribution in [0, 0.1) is 19.8 Å². The summed E-state index contributed by atoms with van der Waals surface area (Å²) in [5.74, 6) is -0.145. The van der Waals surface area contributed by atoms with Crippen LogP contribution in [0.4, 0.5) is 0 Å². The number of fused-ring (bicyclic) bond motifs is 1.